The lowest BCUT2D eigenvalue weighted by Gasteiger charge is -2.15. The normalized spacial score (nSPS) is 12.4. The number of rotatable bonds is 2. The molecule has 1 atom stereocenters. The van der Waals surface area contributed by atoms with Crippen molar-refractivity contribution in [1.82, 2.24) is 4.98 Å². The lowest BCUT2D eigenvalue weighted by atomic mass is 9.98. The Morgan fingerprint density at radius 3 is 2.61 bits per heavy atom. The van der Waals surface area contributed by atoms with E-state index >= 15 is 0 Å². The van der Waals surface area contributed by atoms with E-state index < -0.39 is 0 Å². The highest BCUT2D eigenvalue weighted by molar-refractivity contribution is 9.10. The second-order valence-electron chi connectivity index (χ2n) is 4.47. The predicted molar refractivity (Wildman–Crippen MR) is 78.3 cm³/mol. The summed E-state index contributed by atoms with van der Waals surface area (Å²) in [4.78, 5) is 4.15. The van der Waals surface area contributed by atoms with E-state index in [4.69, 9.17) is 11.5 Å². The van der Waals surface area contributed by atoms with Gasteiger partial charge >= 0.3 is 0 Å². The number of halogens is 1. The van der Waals surface area contributed by atoms with Crippen LogP contribution in [0, 0.1) is 13.8 Å². The molecule has 0 spiro atoms. The third kappa shape index (κ3) is 2.54. The zero-order chi connectivity index (χ0) is 13.3. The number of benzene rings is 1. The Labute approximate surface area is 115 Å². The third-order valence-electron chi connectivity index (χ3n) is 2.98. The maximum Gasteiger partial charge on any atom is 0.128 e. The van der Waals surface area contributed by atoms with E-state index in [2.05, 4.69) is 20.9 Å². The highest BCUT2D eigenvalue weighted by atomic mass is 79.9. The number of nitrogen functional groups attached to an aromatic ring is 1. The first-order chi connectivity index (χ1) is 8.49. The third-order valence-corrected chi connectivity index (χ3v) is 3.83. The summed E-state index contributed by atoms with van der Waals surface area (Å²) in [5, 5.41) is 0. The van der Waals surface area contributed by atoms with Gasteiger partial charge in [0.1, 0.15) is 5.82 Å². The molecule has 0 saturated carbocycles. The summed E-state index contributed by atoms with van der Waals surface area (Å²) in [7, 11) is 0. The van der Waals surface area contributed by atoms with Crippen LogP contribution >= 0.6 is 15.9 Å². The van der Waals surface area contributed by atoms with Crippen LogP contribution in [0.3, 0.4) is 0 Å². The highest BCUT2D eigenvalue weighted by Crippen LogP contribution is 2.27. The van der Waals surface area contributed by atoms with Gasteiger partial charge in [0.15, 0.2) is 0 Å². The first kappa shape index (κ1) is 13.1. The van der Waals surface area contributed by atoms with Crippen molar-refractivity contribution in [1.29, 1.82) is 0 Å². The van der Waals surface area contributed by atoms with Gasteiger partial charge in [0.25, 0.3) is 0 Å². The molecule has 1 unspecified atom stereocenters. The first-order valence-corrected chi connectivity index (χ1v) is 6.52. The minimum absolute atomic E-state index is 0.255. The second kappa shape index (κ2) is 5.08. The molecule has 4 N–H and O–H groups in total. The van der Waals surface area contributed by atoms with Crippen molar-refractivity contribution < 1.29 is 0 Å². The molecule has 0 aliphatic carbocycles. The maximum absolute atomic E-state index is 6.26. The molecule has 0 saturated heterocycles. The summed E-state index contributed by atoms with van der Waals surface area (Å²) in [5.74, 6) is 0.491. The van der Waals surface area contributed by atoms with Crippen molar-refractivity contribution >= 4 is 21.7 Å². The topological polar surface area (TPSA) is 64.9 Å². The molecule has 0 aliphatic rings. The van der Waals surface area contributed by atoms with Gasteiger partial charge in [-0.2, -0.15) is 0 Å². The fraction of sp³-hybridized carbons (Fsp3) is 0.214. The minimum atomic E-state index is -0.255. The molecule has 0 fully saturated rings. The van der Waals surface area contributed by atoms with E-state index in [1.165, 1.54) is 5.56 Å². The van der Waals surface area contributed by atoms with Crippen molar-refractivity contribution in [2.24, 2.45) is 5.73 Å². The number of nitrogens with zero attached hydrogens (tertiary/aromatic N) is 1. The van der Waals surface area contributed by atoms with Crippen molar-refractivity contribution in [3.8, 4) is 0 Å². The van der Waals surface area contributed by atoms with Gasteiger partial charge in [0.2, 0.25) is 0 Å². The molecule has 0 radical (unpaired) electrons. The smallest absolute Gasteiger partial charge is 0.128 e. The van der Waals surface area contributed by atoms with Crippen molar-refractivity contribution in [2.75, 3.05) is 5.73 Å². The second-order valence-corrected chi connectivity index (χ2v) is 5.33. The van der Waals surface area contributed by atoms with E-state index in [1.807, 2.05) is 38.1 Å². The van der Waals surface area contributed by atoms with Gasteiger partial charge in [0.05, 0.1) is 6.04 Å². The Kier molecular flexibility index (Phi) is 3.68. The molecular formula is C14H16BrN3. The van der Waals surface area contributed by atoms with Gasteiger partial charge in [-0.3, -0.25) is 0 Å². The fourth-order valence-corrected chi connectivity index (χ4v) is 2.23. The van der Waals surface area contributed by atoms with Crippen LogP contribution < -0.4 is 11.5 Å². The van der Waals surface area contributed by atoms with Crippen LogP contribution in [0.5, 0.6) is 0 Å². The van der Waals surface area contributed by atoms with Gasteiger partial charge in [-0.05, 0) is 42.7 Å². The van der Waals surface area contributed by atoms with Crippen LogP contribution in [0.15, 0.2) is 34.9 Å². The average molecular weight is 306 g/mol. The van der Waals surface area contributed by atoms with Gasteiger partial charge in [-0.25, -0.2) is 4.98 Å². The van der Waals surface area contributed by atoms with Crippen LogP contribution in [-0.2, 0) is 0 Å². The monoisotopic (exact) mass is 305 g/mol. The Morgan fingerprint density at radius 2 is 1.94 bits per heavy atom. The zero-order valence-corrected chi connectivity index (χ0v) is 12.0. The number of aromatic nitrogens is 1. The highest BCUT2D eigenvalue weighted by Gasteiger charge is 2.14. The fourth-order valence-electron chi connectivity index (χ4n) is 1.83. The molecule has 0 amide bonds. The van der Waals surface area contributed by atoms with Gasteiger partial charge < -0.3 is 11.5 Å². The van der Waals surface area contributed by atoms with Gasteiger partial charge in [-0.1, -0.05) is 28.1 Å². The molecule has 4 heteroatoms. The zero-order valence-electron chi connectivity index (χ0n) is 10.4. The van der Waals surface area contributed by atoms with Crippen molar-refractivity contribution in [3.63, 3.8) is 0 Å². The van der Waals surface area contributed by atoms with Gasteiger partial charge in [0, 0.05) is 16.2 Å². The number of aryl methyl sites for hydroxylation is 2. The van der Waals surface area contributed by atoms with Crippen LogP contribution in [-0.4, -0.2) is 4.98 Å². The summed E-state index contributed by atoms with van der Waals surface area (Å²) in [5.41, 5.74) is 16.3. The molecule has 0 bridgehead atoms. The molecule has 3 nitrogen and oxygen atoms in total. The number of pyridine rings is 1. The largest absolute Gasteiger partial charge is 0.383 e. The molecule has 94 valence electrons. The van der Waals surface area contributed by atoms with Crippen LogP contribution in [0.1, 0.15) is 28.3 Å². The molecule has 0 aliphatic heterocycles. The molecule has 2 rings (SSSR count). The number of hydrogen-bond acceptors (Lipinski definition) is 3. The average Bonchev–Trinajstić information content (AvgIpc) is 2.35. The van der Waals surface area contributed by atoms with E-state index in [9.17, 15) is 0 Å². The lowest BCUT2D eigenvalue weighted by Crippen LogP contribution is -2.15. The van der Waals surface area contributed by atoms with Crippen LogP contribution in [0.25, 0.3) is 0 Å². The Balaban J connectivity index is 2.44. The van der Waals surface area contributed by atoms with Crippen LogP contribution in [0.2, 0.25) is 0 Å². The van der Waals surface area contributed by atoms with Crippen molar-refractivity contribution in [3.05, 3.63) is 57.2 Å². The Bertz CT molecular complexity index is 581. The van der Waals surface area contributed by atoms with Crippen molar-refractivity contribution in [2.45, 2.75) is 19.9 Å². The quantitative estimate of drug-likeness (QED) is 0.896. The summed E-state index contributed by atoms with van der Waals surface area (Å²) < 4.78 is 1.05. The number of anilines is 1. The molecule has 2 aromatic rings. The molecule has 1 aromatic carbocycles. The first-order valence-electron chi connectivity index (χ1n) is 5.72. The standard InChI is InChI=1S/C14H16BrN3/c1-8-5-11(14(17)18-7-8)13(16)10-4-3-9(2)12(15)6-10/h3-7,13H,16H2,1-2H3,(H2,17,18). The Morgan fingerprint density at radius 1 is 1.22 bits per heavy atom. The summed E-state index contributed by atoms with van der Waals surface area (Å²) in [6, 6.07) is 7.82. The summed E-state index contributed by atoms with van der Waals surface area (Å²) in [6.07, 6.45) is 1.75. The molecule has 18 heavy (non-hydrogen) atoms. The molecule has 1 aromatic heterocycles. The van der Waals surface area contributed by atoms with E-state index in [0.29, 0.717) is 5.82 Å². The van der Waals surface area contributed by atoms with E-state index in [0.717, 1.165) is 21.2 Å². The number of nitrogens with two attached hydrogens (primary N) is 2. The Hall–Kier alpha value is -1.39. The maximum atomic E-state index is 6.26. The van der Waals surface area contributed by atoms with E-state index in [-0.39, 0.29) is 6.04 Å². The summed E-state index contributed by atoms with van der Waals surface area (Å²) >= 11 is 3.52. The number of hydrogen-bond donors (Lipinski definition) is 2. The lowest BCUT2D eigenvalue weighted by molar-refractivity contribution is 0.863. The summed E-state index contributed by atoms with van der Waals surface area (Å²) in [6.45, 7) is 4.02. The van der Waals surface area contributed by atoms with Gasteiger partial charge in [-0.15, -0.1) is 0 Å². The predicted octanol–water partition coefficient (Wildman–Crippen LogP) is 3.09. The van der Waals surface area contributed by atoms with E-state index in [1.54, 1.807) is 6.20 Å². The van der Waals surface area contributed by atoms with Crippen LogP contribution in [0.4, 0.5) is 5.82 Å². The molecular weight excluding hydrogens is 290 g/mol. The SMILES string of the molecule is Cc1cnc(N)c(C(N)c2ccc(C)c(Br)c2)c1. The minimum Gasteiger partial charge on any atom is -0.383 e. The molecule has 1 heterocycles.